The molecule has 0 atom stereocenters. The van der Waals surface area contributed by atoms with Gasteiger partial charge in [0.15, 0.2) is 0 Å². The number of alkyl halides is 1. The van der Waals surface area contributed by atoms with Gasteiger partial charge in [-0.15, -0.1) is 22.9 Å². The Balaban J connectivity index is 2.27. The molecule has 0 saturated carbocycles. The van der Waals surface area contributed by atoms with Crippen LogP contribution in [0.3, 0.4) is 0 Å². The number of halogens is 1. The third-order valence-corrected chi connectivity index (χ3v) is 2.47. The Kier molecular flexibility index (Phi) is 4.25. The van der Waals surface area contributed by atoms with Crippen LogP contribution in [0.1, 0.15) is 17.8 Å². The summed E-state index contributed by atoms with van der Waals surface area (Å²) in [5.41, 5.74) is 0. The van der Waals surface area contributed by atoms with Gasteiger partial charge in [-0.2, -0.15) is 0 Å². The van der Waals surface area contributed by atoms with Crippen LogP contribution in [0.4, 0.5) is 0 Å². The number of rotatable bonds is 5. The highest BCUT2D eigenvalue weighted by molar-refractivity contribution is 7.09. The van der Waals surface area contributed by atoms with Crippen LogP contribution in [0.25, 0.3) is 0 Å². The zero-order valence-electron chi connectivity index (χ0n) is 6.62. The second kappa shape index (κ2) is 5.27. The molecule has 1 aromatic rings. The normalized spacial score (nSPS) is 10.1. The number of hydrogen-bond donors (Lipinski definition) is 0. The highest BCUT2D eigenvalue weighted by atomic mass is 35.5. The summed E-state index contributed by atoms with van der Waals surface area (Å²) in [6.45, 7) is 0. The monoisotopic (exact) mass is 203 g/mol. The minimum absolute atomic E-state index is 0.227. The van der Waals surface area contributed by atoms with Gasteiger partial charge in [-0.3, -0.25) is 4.79 Å². The molecule has 12 heavy (non-hydrogen) atoms. The smallest absolute Gasteiger partial charge is 0.139 e. The Morgan fingerprint density at radius 3 is 3.08 bits per heavy atom. The molecule has 4 heteroatoms. The first kappa shape index (κ1) is 9.68. The van der Waals surface area contributed by atoms with Gasteiger partial charge in [0.05, 0.1) is 11.4 Å². The average Bonchev–Trinajstić information content (AvgIpc) is 2.53. The lowest BCUT2D eigenvalue weighted by molar-refractivity contribution is -0.118. The van der Waals surface area contributed by atoms with E-state index >= 15 is 0 Å². The molecule has 2 nitrogen and oxygen atoms in total. The Morgan fingerprint density at radius 2 is 2.50 bits per heavy atom. The zero-order chi connectivity index (χ0) is 8.81. The molecule has 1 heterocycles. The summed E-state index contributed by atoms with van der Waals surface area (Å²) >= 11 is 6.98. The maximum Gasteiger partial charge on any atom is 0.139 e. The Hall–Kier alpha value is -0.410. The van der Waals surface area contributed by atoms with E-state index in [1.54, 1.807) is 6.20 Å². The van der Waals surface area contributed by atoms with Crippen molar-refractivity contribution >= 4 is 28.7 Å². The molecule has 66 valence electrons. The number of carbonyl (C=O) groups is 1. The van der Waals surface area contributed by atoms with Crippen molar-refractivity contribution in [2.75, 3.05) is 5.88 Å². The summed E-state index contributed by atoms with van der Waals surface area (Å²) in [4.78, 5) is 15.2. The molecule has 1 aromatic heterocycles. The summed E-state index contributed by atoms with van der Waals surface area (Å²) in [5, 5.41) is 2.78. The summed E-state index contributed by atoms with van der Waals surface area (Å²) < 4.78 is 0. The molecule has 0 fully saturated rings. The summed E-state index contributed by atoms with van der Waals surface area (Å²) in [5.74, 6) is 0.787. The van der Waals surface area contributed by atoms with E-state index < -0.39 is 0 Å². The first-order valence-electron chi connectivity index (χ1n) is 3.79. The van der Waals surface area contributed by atoms with Gasteiger partial charge in [0.1, 0.15) is 5.78 Å². The van der Waals surface area contributed by atoms with E-state index in [9.17, 15) is 4.79 Å². The lowest BCUT2D eigenvalue weighted by Crippen LogP contribution is -2.02. The fourth-order valence-electron chi connectivity index (χ4n) is 0.861. The van der Waals surface area contributed by atoms with E-state index in [1.165, 1.54) is 11.3 Å². The standard InChI is InChI=1S/C8H10ClNOS/c9-3-1-2-7(11)6-8-10-4-5-12-8/h4-5H,1-3,6H2. The highest BCUT2D eigenvalue weighted by Crippen LogP contribution is 2.07. The van der Waals surface area contributed by atoms with E-state index in [0.717, 1.165) is 11.4 Å². The molecule has 0 unspecified atom stereocenters. The number of Topliss-reactive ketones (excluding diaryl/α,β-unsaturated/α-hetero) is 1. The van der Waals surface area contributed by atoms with Crippen LogP contribution in [-0.2, 0) is 11.2 Å². The van der Waals surface area contributed by atoms with Gasteiger partial charge in [-0.1, -0.05) is 0 Å². The molecule has 0 bridgehead atoms. The molecule has 0 aliphatic carbocycles. The van der Waals surface area contributed by atoms with E-state index in [2.05, 4.69) is 4.98 Å². The van der Waals surface area contributed by atoms with Crippen molar-refractivity contribution in [3.05, 3.63) is 16.6 Å². The van der Waals surface area contributed by atoms with Crippen LogP contribution in [0, 0.1) is 0 Å². The molecule has 0 aliphatic heterocycles. The van der Waals surface area contributed by atoms with Gasteiger partial charge in [0.2, 0.25) is 0 Å². The molecule has 0 N–H and O–H groups in total. The van der Waals surface area contributed by atoms with E-state index in [0.29, 0.717) is 18.7 Å². The van der Waals surface area contributed by atoms with Crippen LogP contribution >= 0.6 is 22.9 Å². The first-order valence-corrected chi connectivity index (χ1v) is 5.20. The van der Waals surface area contributed by atoms with Gasteiger partial charge in [-0.25, -0.2) is 4.98 Å². The minimum Gasteiger partial charge on any atom is -0.299 e. The van der Waals surface area contributed by atoms with Gasteiger partial charge in [0, 0.05) is 23.9 Å². The van der Waals surface area contributed by atoms with Crippen LogP contribution in [0.5, 0.6) is 0 Å². The number of nitrogens with zero attached hydrogens (tertiary/aromatic N) is 1. The number of thiazole rings is 1. The fraction of sp³-hybridized carbons (Fsp3) is 0.500. The van der Waals surface area contributed by atoms with Crippen molar-refractivity contribution in [2.24, 2.45) is 0 Å². The lowest BCUT2D eigenvalue weighted by atomic mass is 10.2. The Morgan fingerprint density at radius 1 is 1.67 bits per heavy atom. The third-order valence-electron chi connectivity index (χ3n) is 1.42. The molecular weight excluding hydrogens is 194 g/mol. The van der Waals surface area contributed by atoms with Gasteiger partial charge in [0.25, 0.3) is 0 Å². The first-order chi connectivity index (χ1) is 5.83. The van der Waals surface area contributed by atoms with Gasteiger partial charge >= 0.3 is 0 Å². The topological polar surface area (TPSA) is 30.0 Å². The number of ketones is 1. The molecule has 0 aliphatic rings. The Bertz CT molecular complexity index is 235. The molecule has 0 spiro atoms. The zero-order valence-corrected chi connectivity index (χ0v) is 8.20. The molecule has 0 amide bonds. The van der Waals surface area contributed by atoms with E-state index in [1.807, 2.05) is 5.38 Å². The molecular formula is C8H10ClNOS. The molecule has 0 radical (unpaired) electrons. The largest absolute Gasteiger partial charge is 0.299 e. The van der Waals surface area contributed by atoms with Crippen molar-refractivity contribution in [1.29, 1.82) is 0 Å². The maximum atomic E-state index is 11.2. The van der Waals surface area contributed by atoms with Crippen molar-refractivity contribution in [3.8, 4) is 0 Å². The van der Waals surface area contributed by atoms with Crippen LogP contribution in [0.15, 0.2) is 11.6 Å². The average molecular weight is 204 g/mol. The van der Waals surface area contributed by atoms with Gasteiger partial charge in [-0.05, 0) is 6.42 Å². The summed E-state index contributed by atoms with van der Waals surface area (Å²) in [7, 11) is 0. The van der Waals surface area contributed by atoms with Crippen LogP contribution in [0.2, 0.25) is 0 Å². The quantitative estimate of drug-likeness (QED) is 0.688. The predicted octanol–water partition coefficient (Wildman–Crippen LogP) is 2.27. The Labute approximate surface area is 80.6 Å². The minimum atomic E-state index is 0.227. The predicted molar refractivity (Wildman–Crippen MR) is 50.8 cm³/mol. The molecule has 0 aromatic carbocycles. The number of aromatic nitrogens is 1. The van der Waals surface area contributed by atoms with E-state index in [-0.39, 0.29) is 5.78 Å². The molecule has 0 saturated heterocycles. The third kappa shape index (κ3) is 3.32. The SMILES string of the molecule is O=C(CCCCl)Cc1nccs1. The van der Waals surface area contributed by atoms with Crippen molar-refractivity contribution in [1.82, 2.24) is 4.98 Å². The van der Waals surface area contributed by atoms with E-state index in [4.69, 9.17) is 11.6 Å². The highest BCUT2D eigenvalue weighted by Gasteiger charge is 2.04. The van der Waals surface area contributed by atoms with Crippen LogP contribution < -0.4 is 0 Å². The summed E-state index contributed by atoms with van der Waals surface area (Å²) in [6.07, 6.45) is 3.53. The maximum absolute atomic E-state index is 11.2. The second-order valence-corrected chi connectivity index (χ2v) is 3.79. The van der Waals surface area contributed by atoms with Crippen molar-refractivity contribution in [2.45, 2.75) is 19.3 Å². The van der Waals surface area contributed by atoms with Crippen molar-refractivity contribution in [3.63, 3.8) is 0 Å². The number of carbonyl (C=O) groups excluding carboxylic acids is 1. The molecule has 1 rings (SSSR count). The summed E-state index contributed by atoms with van der Waals surface area (Å²) in [6, 6.07) is 0. The lowest BCUT2D eigenvalue weighted by Gasteiger charge is -1.94. The van der Waals surface area contributed by atoms with Crippen LogP contribution in [-0.4, -0.2) is 16.6 Å². The fourth-order valence-corrected chi connectivity index (χ4v) is 1.64. The van der Waals surface area contributed by atoms with Crippen molar-refractivity contribution < 1.29 is 4.79 Å². The second-order valence-electron chi connectivity index (χ2n) is 2.43. The van der Waals surface area contributed by atoms with Gasteiger partial charge < -0.3 is 0 Å². The number of hydrogen-bond acceptors (Lipinski definition) is 3.